The molecule has 9 heterocycles. The molecule has 6 aromatic carbocycles. The number of hydrogen-bond acceptors (Lipinski definition) is 30. The molecule has 7 aromatic rings. The number of carbonyl (C=O) groups is 8. The Kier molecular flexibility index (Phi) is 29.0. The average Bonchev–Trinajstić information content (AvgIpc) is 1.06. The molecule has 11 bridgehead atoms. The monoisotopic (exact) mass is 1780 g/mol. The fourth-order valence-corrected chi connectivity index (χ4v) is 16.1. The van der Waals surface area contributed by atoms with Gasteiger partial charge < -0.3 is 158 Å². The van der Waals surface area contributed by atoms with Gasteiger partial charge in [0, 0.05) is 65.9 Å². The van der Waals surface area contributed by atoms with Crippen molar-refractivity contribution in [2.45, 2.75) is 201 Å². The standard InChI is InChI=1S/C83H95Cl2N11O28.CH4/c1-33(2)19-46(88-5)74(109)94-62-64(102)37-12-15-50(44(84)22-37)118-52-24-39-25-53(71(52)123-82-69(107)67(105)72(55(32-97)121-82)124-81-68(106)66(104)65(103)54(120-81)31-89-30-35-9-8-10-40(20-35)96-17-6-7-18-96)119-51-16-13-38(23-45(51)85)70(122-57-29-83(4,87)73(108)34(3)117-57)63-79(114)93-61(80(115)116)43-26-41(98)27-49(100)58(43)42-21-36(11-14-48(42)99)59(76(111)95-63)92-77(112)60(39)91-75(110)47(28-56(86)101)90-78(62)113;/h6-18,20-27,33-34,46-47,54-55,57,59-70,72-73,81-82,88-89,97-100,102-108H,19,28-32,87H2,1-5H3,(H2,86,101)(H,90,113)(H,91,110)(H,92,112)(H,93,114)(H,94,109)(H,95,111)(H,115,116);1H4/t34-,46+,47-,54+,55+,57?,59+,60+,61+,62?,63-,64+,65-,66-,67+,68+,69+,70+,72+,73-,81-,82-,83-;/m0./s1. The number of likely N-dealkylation sites (N-methyl/N-ethyl adjacent to an activating group) is 1. The Hall–Kier alpha value is -10.9. The van der Waals surface area contributed by atoms with E-state index < -0.39 is 279 Å². The molecule has 8 aliphatic heterocycles. The average molecular weight is 1780 g/mol. The Morgan fingerprint density at radius 2 is 1.30 bits per heavy atom. The molecule has 7 amide bonds. The quantitative estimate of drug-likeness (QED) is 0.0509. The van der Waals surface area contributed by atoms with E-state index in [2.05, 4.69) is 42.5 Å². The summed E-state index contributed by atoms with van der Waals surface area (Å²) in [4.78, 5) is 120. The summed E-state index contributed by atoms with van der Waals surface area (Å²) in [5.74, 6) is -16.6. The number of rotatable bonds is 20. The summed E-state index contributed by atoms with van der Waals surface area (Å²) < 4.78 is 53.1. The van der Waals surface area contributed by atoms with Crippen LogP contribution in [0.3, 0.4) is 0 Å². The van der Waals surface area contributed by atoms with Crippen molar-refractivity contribution in [3.05, 3.63) is 171 Å². The molecule has 3 fully saturated rings. The minimum atomic E-state index is -2.42. The van der Waals surface area contributed by atoms with Crippen LogP contribution in [0.1, 0.15) is 118 Å². The van der Waals surface area contributed by atoms with E-state index in [4.69, 9.17) is 72.6 Å². The van der Waals surface area contributed by atoms with Gasteiger partial charge in [0.15, 0.2) is 30.1 Å². The van der Waals surface area contributed by atoms with E-state index in [1.165, 1.54) is 33.0 Å². The lowest BCUT2D eigenvalue weighted by atomic mass is 9.86. The molecule has 41 heteroatoms. The van der Waals surface area contributed by atoms with Gasteiger partial charge in [-0.1, -0.05) is 74.8 Å². The molecule has 2 unspecified atom stereocenters. The van der Waals surface area contributed by atoms with Crippen molar-refractivity contribution in [3.8, 4) is 62.8 Å². The number of carboxylic acids is 1. The maximum Gasteiger partial charge on any atom is 0.330 e. The fourth-order valence-electron chi connectivity index (χ4n) is 15.7. The van der Waals surface area contributed by atoms with Crippen LogP contribution in [-0.2, 0) is 68.6 Å². The van der Waals surface area contributed by atoms with E-state index >= 15 is 24.0 Å². The molecule has 0 aliphatic carbocycles. The zero-order valence-electron chi connectivity index (χ0n) is 66.9. The molecule has 3 saturated heterocycles. The van der Waals surface area contributed by atoms with E-state index in [0.29, 0.717) is 0 Å². The number of halogens is 2. The predicted molar refractivity (Wildman–Crippen MR) is 439 cm³/mol. The van der Waals surface area contributed by atoms with Crippen LogP contribution in [0.4, 0.5) is 0 Å². The number of aromatic nitrogens is 1. The first-order valence-corrected chi connectivity index (χ1v) is 40.2. The van der Waals surface area contributed by atoms with Crippen molar-refractivity contribution in [1.29, 1.82) is 0 Å². The third kappa shape index (κ3) is 20.3. The summed E-state index contributed by atoms with van der Waals surface area (Å²) in [6.07, 6.45) is -25.3. The minimum absolute atomic E-state index is 0. The van der Waals surface area contributed by atoms with Crippen molar-refractivity contribution in [2.24, 2.45) is 17.4 Å². The lowest BCUT2D eigenvalue weighted by Crippen LogP contribution is -2.65. The number of aliphatic carboxylic acids is 1. The van der Waals surface area contributed by atoms with Gasteiger partial charge in [-0.25, -0.2) is 4.79 Å². The van der Waals surface area contributed by atoms with E-state index in [-0.39, 0.29) is 56.0 Å². The number of aromatic hydroxyl groups is 3. The van der Waals surface area contributed by atoms with Crippen LogP contribution < -0.4 is 68.2 Å². The highest BCUT2D eigenvalue weighted by atomic mass is 35.5. The Balaban J connectivity index is 0.0000142. The van der Waals surface area contributed by atoms with Gasteiger partial charge in [0.25, 0.3) is 0 Å². The number of primary amides is 1. The molecule has 0 saturated carbocycles. The van der Waals surface area contributed by atoms with Crippen LogP contribution in [-0.4, -0.2) is 243 Å². The van der Waals surface area contributed by atoms with Gasteiger partial charge in [-0.3, -0.25) is 33.6 Å². The highest BCUT2D eigenvalue weighted by Crippen LogP contribution is 2.50. The SMILES string of the molecule is C.CN[C@H](CC(C)C)C(=O)NC1C(=O)N[C@@H](CC(N)=O)C(=O)N[C@H]2C(=O)N[C@H]3C(=O)N[C@H](C(=O)N[C@@H](C(=O)O)c4cc(O)cc(O)c4-c4cc3ccc4O)[C@H](OC3C[C@](C)(N)[C@@H](O)[C@H](C)O3)c3ccc(c(Cl)c3)Oc3cc2cc(c3O[C@@H]2O[C@H](CO)[C@@H](O[C@@H]3O[C@H](CNCc4cccc(-n5cccc5)c4)[C@H](O)[C@H](O)[C@H]3O)[C@H](O)[C@H]2O)Oc2ccc(cc2Cl)[C@H]1O. The molecule has 0 spiro atoms. The van der Waals surface area contributed by atoms with E-state index in [1.54, 1.807) is 0 Å². The zero-order valence-corrected chi connectivity index (χ0v) is 68.4. The van der Waals surface area contributed by atoms with Gasteiger partial charge >= 0.3 is 5.97 Å². The minimum Gasteiger partial charge on any atom is -0.508 e. The number of fused-ring (bicyclic) bond motifs is 15. The van der Waals surface area contributed by atoms with Gasteiger partial charge in [0.1, 0.15) is 120 Å². The van der Waals surface area contributed by atoms with Gasteiger partial charge in [-0.15, -0.1) is 0 Å². The molecule has 15 rings (SSSR count). The number of nitrogens with two attached hydrogens (primary N) is 2. The van der Waals surface area contributed by atoms with Crippen molar-refractivity contribution in [1.82, 2.24) is 47.1 Å². The molecule has 1 aromatic heterocycles. The second kappa shape index (κ2) is 38.9. The molecule has 0 radical (unpaired) electrons. The van der Waals surface area contributed by atoms with Crippen molar-refractivity contribution in [3.63, 3.8) is 0 Å². The molecule has 125 heavy (non-hydrogen) atoms. The number of hydrogen-bond donors (Lipinski definition) is 22. The first kappa shape index (κ1) is 93.3. The lowest BCUT2D eigenvalue weighted by Gasteiger charge is -2.46. The number of nitrogens with one attached hydrogen (secondary N) is 8. The first-order chi connectivity index (χ1) is 58.9. The second-order valence-electron chi connectivity index (χ2n) is 31.7. The zero-order chi connectivity index (χ0) is 89.4. The van der Waals surface area contributed by atoms with Gasteiger partial charge in [-0.2, -0.15) is 0 Å². The van der Waals surface area contributed by atoms with E-state index in [0.717, 1.165) is 78.0 Å². The highest BCUT2D eigenvalue weighted by molar-refractivity contribution is 6.32. The summed E-state index contributed by atoms with van der Waals surface area (Å²) in [6.45, 7) is 5.48. The largest absolute Gasteiger partial charge is 0.508 e. The third-order valence-corrected chi connectivity index (χ3v) is 22.8. The summed E-state index contributed by atoms with van der Waals surface area (Å²) in [5.41, 5.74) is 9.66. The van der Waals surface area contributed by atoms with Crippen LogP contribution in [0, 0.1) is 5.92 Å². The van der Waals surface area contributed by atoms with E-state index in [1.807, 2.05) is 67.2 Å². The van der Waals surface area contributed by atoms with Crippen molar-refractivity contribution in [2.75, 3.05) is 20.2 Å². The van der Waals surface area contributed by atoms with E-state index in [9.17, 15) is 75.7 Å². The number of ether oxygens (including phenoxy) is 8. The van der Waals surface area contributed by atoms with Crippen LogP contribution in [0.25, 0.3) is 16.8 Å². The number of aliphatic hydroxyl groups is 8. The Bertz CT molecular complexity index is 5170. The van der Waals surface area contributed by atoms with Crippen LogP contribution >= 0.6 is 23.2 Å². The number of aliphatic hydroxyl groups excluding tert-OH is 8. The highest BCUT2D eigenvalue weighted by Gasteiger charge is 2.53. The Labute approximate surface area is 724 Å². The van der Waals surface area contributed by atoms with Gasteiger partial charge in [0.2, 0.25) is 53.4 Å². The maximum absolute atomic E-state index is 16.4. The number of phenolic OH excluding ortho intramolecular Hbond substituents is 3. The molecule has 672 valence electrons. The number of carboxylic acid groups (broad SMARTS) is 1. The number of benzene rings is 6. The van der Waals surface area contributed by atoms with Crippen LogP contribution in [0.15, 0.2) is 128 Å². The predicted octanol–water partition coefficient (Wildman–Crippen LogP) is 1.15. The first-order valence-electron chi connectivity index (χ1n) is 39.4. The fraction of sp³-hybridized carbons (Fsp3) is 0.429. The number of nitrogens with zero attached hydrogens (tertiary/aromatic N) is 1. The molecular weight excluding hydrogens is 1680 g/mol. The van der Waals surface area contributed by atoms with Crippen LogP contribution in [0.2, 0.25) is 10.0 Å². The van der Waals surface area contributed by atoms with Crippen molar-refractivity contribution < 1.29 is 138 Å². The summed E-state index contributed by atoms with van der Waals surface area (Å²) in [5, 5.41) is 159. The Morgan fingerprint density at radius 3 is 1.94 bits per heavy atom. The molecule has 39 nitrogen and oxygen atoms in total. The third-order valence-electron chi connectivity index (χ3n) is 22.2. The van der Waals surface area contributed by atoms with Crippen LogP contribution in [0.5, 0.6) is 46.0 Å². The Morgan fingerprint density at radius 1 is 0.664 bits per heavy atom. The summed E-state index contributed by atoms with van der Waals surface area (Å²) in [7, 11) is 1.46. The van der Waals surface area contributed by atoms with Crippen molar-refractivity contribution >= 4 is 70.5 Å². The number of phenols is 3. The van der Waals surface area contributed by atoms with Gasteiger partial charge in [-0.05, 0) is 140 Å². The summed E-state index contributed by atoms with van der Waals surface area (Å²) in [6, 6.07) is 10.2. The molecule has 23 atom stereocenters. The smallest absolute Gasteiger partial charge is 0.330 e. The number of carbonyl (C=O) groups excluding carboxylic acids is 7. The molecular formula is C84H99Cl2N11O28. The number of amides is 7. The topological polar surface area (TPSA) is 606 Å². The lowest BCUT2D eigenvalue weighted by molar-refractivity contribution is -0.350. The molecule has 8 aliphatic rings. The second-order valence-corrected chi connectivity index (χ2v) is 32.5. The summed E-state index contributed by atoms with van der Waals surface area (Å²) >= 11 is 14.5. The van der Waals surface area contributed by atoms with Gasteiger partial charge in [0.05, 0.1) is 41.3 Å². The normalized spacial score (nSPS) is 29.7. The maximum atomic E-state index is 16.4. The molecule has 24 N–H and O–H groups in total.